The maximum absolute atomic E-state index is 13.4. The van der Waals surface area contributed by atoms with Crippen LogP contribution in [0.3, 0.4) is 0 Å². The molecule has 1 N–H and O–H groups in total. The van der Waals surface area contributed by atoms with Crippen LogP contribution in [-0.2, 0) is 44.5 Å². The number of amides is 1. The van der Waals surface area contributed by atoms with Crippen LogP contribution in [0.1, 0.15) is 57.1 Å². The fourth-order valence-corrected chi connectivity index (χ4v) is 4.36. The fraction of sp³-hybridized carbons (Fsp3) is 0.500. The number of nitrogens with zero attached hydrogens (tertiary/aromatic N) is 1. The largest absolute Gasteiger partial charge is 0.493 e. The highest BCUT2D eigenvalue weighted by atomic mass is 16.7. The van der Waals surface area contributed by atoms with Gasteiger partial charge in [0, 0.05) is 12.3 Å². The van der Waals surface area contributed by atoms with Gasteiger partial charge in [0.15, 0.2) is 29.3 Å². The number of aryl methyl sites for hydroxylation is 1. The number of carbonyl (C=O) groups excluding carboxylic acids is 5. The zero-order valence-corrected chi connectivity index (χ0v) is 26.3. The Balaban J connectivity index is 1.83. The van der Waals surface area contributed by atoms with Crippen molar-refractivity contribution in [2.24, 2.45) is 17.8 Å². The highest BCUT2D eigenvalue weighted by Gasteiger charge is 2.42. The third-order valence-electron chi connectivity index (χ3n) is 6.94. The van der Waals surface area contributed by atoms with Crippen LogP contribution in [0.4, 0.5) is 0 Å². The third kappa shape index (κ3) is 9.65. The minimum Gasteiger partial charge on any atom is -0.493 e. The Morgan fingerprint density at radius 3 is 2.33 bits per heavy atom. The van der Waals surface area contributed by atoms with Crippen LogP contribution < -0.4 is 14.8 Å². The summed E-state index contributed by atoms with van der Waals surface area (Å²) in [5.41, 5.74) is 0.670. The van der Waals surface area contributed by atoms with Crippen molar-refractivity contribution in [3.8, 4) is 11.5 Å². The summed E-state index contributed by atoms with van der Waals surface area (Å²) in [5.74, 6) is -5.50. The zero-order valence-electron chi connectivity index (χ0n) is 26.3. The van der Waals surface area contributed by atoms with Gasteiger partial charge in [-0.05, 0) is 25.3 Å². The van der Waals surface area contributed by atoms with E-state index >= 15 is 0 Å². The maximum Gasteiger partial charge on any atom is 0.332 e. The van der Waals surface area contributed by atoms with Crippen LogP contribution in [0.25, 0.3) is 0 Å². The van der Waals surface area contributed by atoms with E-state index in [4.69, 9.17) is 28.4 Å². The summed E-state index contributed by atoms with van der Waals surface area (Å²) < 4.78 is 32.7. The van der Waals surface area contributed by atoms with Crippen molar-refractivity contribution in [2.75, 3.05) is 20.5 Å². The van der Waals surface area contributed by atoms with Crippen molar-refractivity contribution in [2.45, 2.75) is 65.7 Å². The monoisotopic (exact) mass is 628 g/mol. The van der Waals surface area contributed by atoms with Gasteiger partial charge in [0.1, 0.15) is 12.7 Å². The van der Waals surface area contributed by atoms with Gasteiger partial charge in [-0.2, -0.15) is 0 Å². The van der Waals surface area contributed by atoms with Gasteiger partial charge in [-0.3, -0.25) is 19.2 Å². The van der Waals surface area contributed by atoms with Crippen LogP contribution in [0.2, 0.25) is 0 Å². The number of methoxy groups -OCH3 is 1. The molecule has 0 spiro atoms. The molecule has 1 aliphatic heterocycles. The van der Waals surface area contributed by atoms with Gasteiger partial charge < -0.3 is 33.7 Å². The SMILES string of the molecule is COc1ccnc(C(=O)NC2COC(=O)C(CCc3ccccc3)C(OC(=O)C(C)C)C(C)OC2=O)c1OCOC(=O)C(C)C. The predicted octanol–water partition coefficient (Wildman–Crippen LogP) is 3.03. The Kier molecular flexibility index (Phi) is 12.7. The lowest BCUT2D eigenvalue weighted by molar-refractivity contribution is -0.176. The molecule has 0 radical (unpaired) electrons. The lowest BCUT2D eigenvalue weighted by Gasteiger charge is -2.29. The lowest BCUT2D eigenvalue weighted by Crippen LogP contribution is -2.47. The number of esters is 4. The molecule has 2 heterocycles. The molecule has 0 saturated carbocycles. The Bertz CT molecular complexity index is 1350. The Morgan fingerprint density at radius 1 is 1.00 bits per heavy atom. The minimum absolute atomic E-state index is 0.115. The van der Waals surface area contributed by atoms with Crippen LogP contribution in [0.5, 0.6) is 11.5 Å². The van der Waals surface area contributed by atoms with Gasteiger partial charge in [0.2, 0.25) is 6.79 Å². The fourth-order valence-electron chi connectivity index (χ4n) is 4.36. The van der Waals surface area contributed by atoms with E-state index in [1.54, 1.807) is 27.7 Å². The summed E-state index contributed by atoms with van der Waals surface area (Å²) in [4.78, 5) is 68.6. The van der Waals surface area contributed by atoms with Crippen molar-refractivity contribution in [3.63, 3.8) is 0 Å². The zero-order chi connectivity index (χ0) is 33.1. The normalized spacial score (nSPS) is 20.2. The average Bonchev–Trinajstić information content (AvgIpc) is 3.05. The van der Waals surface area contributed by atoms with Gasteiger partial charge >= 0.3 is 23.9 Å². The molecule has 1 saturated heterocycles. The number of nitrogens with one attached hydrogen (secondary N) is 1. The molecule has 4 atom stereocenters. The van der Waals surface area contributed by atoms with Crippen molar-refractivity contribution in [3.05, 3.63) is 53.9 Å². The van der Waals surface area contributed by atoms with E-state index in [-0.39, 0.29) is 23.6 Å². The highest BCUT2D eigenvalue weighted by molar-refractivity contribution is 5.98. The van der Waals surface area contributed by atoms with E-state index in [0.717, 1.165) is 5.56 Å². The van der Waals surface area contributed by atoms with Crippen molar-refractivity contribution >= 4 is 29.8 Å². The first-order valence-corrected chi connectivity index (χ1v) is 14.7. The van der Waals surface area contributed by atoms with Crippen LogP contribution in [0.15, 0.2) is 42.6 Å². The smallest absolute Gasteiger partial charge is 0.332 e. The third-order valence-corrected chi connectivity index (χ3v) is 6.94. The average molecular weight is 629 g/mol. The van der Waals surface area contributed by atoms with E-state index in [0.29, 0.717) is 6.42 Å². The summed E-state index contributed by atoms with van der Waals surface area (Å²) in [5, 5.41) is 2.47. The summed E-state index contributed by atoms with van der Waals surface area (Å²) in [6.07, 6.45) is -0.199. The van der Waals surface area contributed by atoms with Crippen LogP contribution in [0, 0.1) is 17.8 Å². The minimum atomic E-state index is -1.45. The Morgan fingerprint density at radius 2 is 1.69 bits per heavy atom. The first-order chi connectivity index (χ1) is 21.4. The molecular formula is C32H40N2O11. The number of rotatable bonds is 12. The highest BCUT2D eigenvalue weighted by Crippen LogP contribution is 2.30. The van der Waals surface area contributed by atoms with Crippen LogP contribution in [-0.4, -0.2) is 73.5 Å². The number of carbonyl (C=O) groups is 5. The number of ether oxygens (including phenoxy) is 6. The standard InChI is InChI=1S/C32H40N2O11/c1-18(2)29(36)43-17-42-27-24(40-6)14-15-33-25(27)28(35)34-23-16-41-31(38)22(13-12-21-10-8-7-9-11-21)26(20(5)44-32(23)39)45-30(37)19(3)4/h7-11,14-15,18-20,22-23,26H,12-13,16-17H2,1-6H3,(H,34,35). The van der Waals surface area contributed by atoms with E-state index in [9.17, 15) is 24.0 Å². The molecule has 1 aromatic heterocycles. The van der Waals surface area contributed by atoms with Gasteiger partial charge in [-0.15, -0.1) is 0 Å². The van der Waals surface area contributed by atoms with Gasteiger partial charge in [-0.1, -0.05) is 58.0 Å². The van der Waals surface area contributed by atoms with Crippen molar-refractivity contribution in [1.82, 2.24) is 10.3 Å². The molecule has 1 fully saturated rings. The molecule has 1 amide bonds. The second-order valence-corrected chi connectivity index (χ2v) is 11.1. The number of hydrogen-bond acceptors (Lipinski definition) is 12. The quantitative estimate of drug-likeness (QED) is 0.208. The molecule has 0 aliphatic carbocycles. The number of pyridine rings is 1. The van der Waals surface area contributed by atoms with E-state index in [1.807, 2.05) is 30.3 Å². The Hall–Kier alpha value is -4.68. The van der Waals surface area contributed by atoms with Crippen molar-refractivity contribution < 1.29 is 52.4 Å². The van der Waals surface area contributed by atoms with Crippen molar-refractivity contribution in [1.29, 1.82) is 0 Å². The Labute approximate surface area is 261 Å². The molecule has 45 heavy (non-hydrogen) atoms. The van der Waals surface area contributed by atoms with E-state index < -0.39 is 79.2 Å². The molecular weight excluding hydrogens is 588 g/mol. The molecule has 4 unspecified atom stereocenters. The lowest BCUT2D eigenvalue weighted by atomic mass is 9.91. The summed E-state index contributed by atoms with van der Waals surface area (Å²) in [7, 11) is 1.34. The van der Waals surface area contributed by atoms with Gasteiger partial charge in [0.05, 0.1) is 24.9 Å². The van der Waals surface area contributed by atoms with Gasteiger partial charge in [-0.25, -0.2) is 9.78 Å². The number of benzene rings is 1. The molecule has 13 heteroatoms. The van der Waals surface area contributed by atoms with E-state index in [1.165, 1.54) is 26.3 Å². The van der Waals surface area contributed by atoms with Gasteiger partial charge in [0.25, 0.3) is 5.91 Å². The second kappa shape index (κ2) is 16.4. The first kappa shape index (κ1) is 34.8. The molecule has 13 nitrogen and oxygen atoms in total. The summed E-state index contributed by atoms with van der Waals surface area (Å²) in [6, 6.07) is 9.42. The molecule has 0 bridgehead atoms. The predicted molar refractivity (Wildman–Crippen MR) is 158 cm³/mol. The summed E-state index contributed by atoms with van der Waals surface area (Å²) in [6.45, 7) is 7.02. The molecule has 2 aromatic rings. The second-order valence-electron chi connectivity index (χ2n) is 11.1. The summed E-state index contributed by atoms with van der Waals surface area (Å²) >= 11 is 0. The first-order valence-electron chi connectivity index (χ1n) is 14.7. The molecule has 1 aliphatic rings. The molecule has 3 rings (SSSR count). The maximum atomic E-state index is 13.4. The molecule has 1 aromatic carbocycles. The van der Waals surface area contributed by atoms with Crippen LogP contribution >= 0.6 is 0 Å². The van der Waals surface area contributed by atoms with E-state index in [2.05, 4.69) is 10.3 Å². The number of hydrogen-bond donors (Lipinski definition) is 1. The number of aromatic nitrogens is 1. The molecule has 244 valence electrons. The topological polar surface area (TPSA) is 166 Å². The number of cyclic esters (lactones) is 2.